The molecule has 0 bridgehead atoms. The average molecular weight is 565 g/mol. The summed E-state index contributed by atoms with van der Waals surface area (Å²) in [6.45, 7) is 11.4. The zero-order chi connectivity index (χ0) is 16.6. The summed E-state index contributed by atoms with van der Waals surface area (Å²) in [5.74, 6) is 0. The lowest BCUT2D eigenvalue weighted by atomic mass is 10.2. The lowest BCUT2D eigenvalue weighted by molar-refractivity contribution is -0.906. The highest BCUT2D eigenvalue weighted by molar-refractivity contribution is 6.08. The van der Waals surface area contributed by atoms with Gasteiger partial charge in [0.05, 0.1) is 33.2 Å². The van der Waals surface area contributed by atoms with Crippen LogP contribution in [0, 0.1) is 6.92 Å². The molecule has 0 aliphatic heterocycles. The van der Waals surface area contributed by atoms with Crippen LogP contribution in [0.4, 0.5) is 0 Å². The van der Waals surface area contributed by atoms with Crippen LogP contribution in [0.15, 0.2) is 36.5 Å². The van der Waals surface area contributed by atoms with E-state index in [0.29, 0.717) is 0 Å². The molecular weight excluding hydrogens is 536 g/mol. The maximum Gasteiger partial charge on any atom is 0.202 e. The number of hydrogen-bond acceptors (Lipinski definition) is 0. The first-order chi connectivity index (χ1) is 11.0. The molecule has 0 aliphatic rings. The monoisotopic (exact) mass is 565 g/mol. The van der Waals surface area contributed by atoms with Crippen LogP contribution in [0.2, 0.25) is 0 Å². The van der Waals surface area contributed by atoms with Crippen LogP contribution >= 0.6 is 0 Å². The smallest absolute Gasteiger partial charge is 0.202 e. The molecule has 0 saturated carbocycles. The summed E-state index contributed by atoms with van der Waals surface area (Å²) in [4.78, 5) is 0. The van der Waals surface area contributed by atoms with Gasteiger partial charge in [-0.25, -0.2) is 4.57 Å². The Kier molecular flexibility index (Phi) is 8.14. The van der Waals surface area contributed by atoms with E-state index in [2.05, 4.69) is 80.5 Å². The van der Waals surface area contributed by atoms with Gasteiger partial charge in [-0.15, -0.1) is 0 Å². The number of pyridine rings is 1. The number of aryl methyl sites for hydroxylation is 2. The molecule has 138 valence electrons. The summed E-state index contributed by atoms with van der Waals surface area (Å²) in [6, 6.07) is 11.1. The van der Waals surface area contributed by atoms with Gasteiger partial charge in [0.1, 0.15) is 12.6 Å². The quantitative estimate of drug-likeness (QED) is 0.183. The van der Waals surface area contributed by atoms with Crippen molar-refractivity contribution < 1.29 is 57.0 Å². The van der Waals surface area contributed by atoms with Crippen molar-refractivity contribution in [3.8, 4) is 0 Å². The molecule has 3 rings (SSSR count). The lowest BCUT2D eigenvalue weighted by Gasteiger charge is -2.32. The third-order valence-corrected chi connectivity index (χ3v) is 5.74. The Hall–Kier alpha value is -0.410. The number of rotatable bonds is 5. The molecule has 0 radical (unpaired) electrons. The number of aromatic nitrogens is 2. The maximum absolute atomic E-state index is 2.53. The Balaban J connectivity index is 0.00000156. The van der Waals surface area contributed by atoms with Crippen molar-refractivity contribution in [2.24, 2.45) is 7.05 Å². The number of benzene rings is 1. The number of para-hydroxylation sites is 1. The van der Waals surface area contributed by atoms with Crippen LogP contribution in [0.5, 0.6) is 0 Å². The summed E-state index contributed by atoms with van der Waals surface area (Å²) in [7, 11) is 4.50. The minimum absolute atomic E-state index is 0. The van der Waals surface area contributed by atoms with Crippen LogP contribution in [0.1, 0.15) is 19.5 Å². The van der Waals surface area contributed by atoms with Gasteiger partial charge in [-0.3, -0.25) is 0 Å². The van der Waals surface area contributed by atoms with E-state index in [0.717, 1.165) is 11.0 Å². The lowest BCUT2D eigenvalue weighted by Crippen LogP contribution is -3.00. The molecule has 0 amide bonds. The molecule has 3 aromatic rings. The van der Waals surface area contributed by atoms with E-state index in [9.17, 15) is 0 Å². The molecule has 0 fully saturated rings. The molecule has 0 spiro atoms. The van der Waals surface area contributed by atoms with Gasteiger partial charge in [0.25, 0.3) is 0 Å². The molecule has 0 aliphatic carbocycles. The number of fused-ring (bicyclic) bond motifs is 3. The molecule has 2 aromatic heterocycles. The number of halogens is 2. The Morgan fingerprint density at radius 3 is 2.28 bits per heavy atom. The van der Waals surface area contributed by atoms with Gasteiger partial charge in [-0.05, 0) is 19.9 Å². The van der Waals surface area contributed by atoms with E-state index >= 15 is 0 Å². The Morgan fingerprint density at radius 1 is 1.00 bits per heavy atom. The zero-order valence-corrected chi connectivity index (χ0v) is 20.2. The predicted molar refractivity (Wildman–Crippen MR) is 97.5 cm³/mol. The second kappa shape index (κ2) is 8.99. The minimum Gasteiger partial charge on any atom is -1.00 e. The summed E-state index contributed by atoms with van der Waals surface area (Å²) in [5.41, 5.74) is 4.08. The molecule has 0 unspecified atom stereocenters. The van der Waals surface area contributed by atoms with Crippen molar-refractivity contribution in [1.82, 2.24) is 4.57 Å². The molecule has 0 N–H and O–H groups in total. The molecular formula is C20H29I2N3. The largest absolute Gasteiger partial charge is 1.00 e. The first-order valence-electron chi connectivity index (χ1n) is 8.70. The highest BCUT2D eigenvalue weighted by atomic mass is 127. The van der Waals surface area contributed by atoms with Crippen molar-refractivity contribution in [3.63, 3.8) is 0 Å². The molecule has 2 heterocycles. The average Bonchev–Trinajstić information content (AvgIpc) is 2.90. The predicted octanol–water partition coefficient (Wildman–Crippen LogP) is -2.58. The van der Waals surface area contributed by atoms with E-state index in [4.69, 9.17) is 0 Å². The van der Waals surface area contributed by atoms with Crippen molar-refractivity contribution >= 4 is 21.8 Å². The van der Waals surface area contributed by atoms with Crippen molar-refractivity contribution in [1.29, 1.82) is 0 Å². The van der Waals surface area contributed by atoms with Crippen LogP contribution in [0.3, 0.4) is 0 Å². The van der Waals surface area contributed by atoms with Gasteiger partial charge in [0.2, 0.25) is 5.69 Å². The number of quaternary nitrogens is 1. The molecule has 0 atom stereocenters. The second-order valence-electron chi connectivity index (χ2n) is 6.92. The molecule has 5 heteroatoms. The number of likely N-dealkylation sites (N-methyl/N-ethyl adjacent to an activating group) is 1. The van der Waals surface area contributed by atoms with Gasteiger partial charge in [0.15, 0.2) is 6.20 Å². The third kappa shape index (κ3) is 4.13. The zero-order valence-electron chi connectivity index (χ0n) is 15.9. The molecule has 25 heavy (non-hydrogen) atoms. The van der Waals surface area contributed by atoms with Gasteiger partial charge >= 0.3 is 0 Å². The third-order valence-electron chi connectivity index (χ3n) is 5.74. The summed E-state index contributed by atoms with van der Waals surface area (Å²) in [5, 5.41) is 2.74. The second-order valence-corrected chi connectivity index (χ2v) is 6.92. The highest BCUT2D eigenvalue weighted by Crippen LogP contribution is 2.29. The van der Waals surface area contributed by atoms with Gasteiger partial charge in [-0.2, -0.15) is 0 Å². The van der Waals surface area contributed by atoms with E-state index in [-0.39, 0.29) is 48.0 Å². The van der Waals surface area contributed by atoms with Crippen molar-refractivity contribution in [2.75, 3.05) is 26.7 Å². The Bertz CT molecular complexity index is 851. The molecule has 0 saturated heterocycles. The van der Waals surface area contributed by atoms with Crippen LogP contribution in [0.25, 0.3) is 21.8 Å². The standard InChI is InChI=1S/C20H29N3.2HI/c1-6-23(5,7-2)15-14-22-19-11-9-8-10-17(19)18-12-13-21(4)16(3)20(18)22;;/h8-13H,6-7,14-15H2,1-5H3;2*1H/q+2;;/p-2. The van der Waals surface area contributed by atoms with E-state index in [1.165, 1.54) is 47.1 Å². The number of hydrogen-bond donors (Lipinski definition) is 0. The maximum atomic E-state index is 2.53. The topological polar surface area (TPSA) is 8.81 Å². The first kappa shape index (κ1) is 22.6. The fourth-order valence-corrected chi connectivity index (χ4v) is 3.47. The van der Waals surface area contributed by atoms with Crippen molar-refractivity contribution in [2.45, 2.75) is 27.3 Å². The molecule has 3 nitrogen and oxygen atoms in total. The van der Waals surface area contributed by atoms with Gasteiger partial charge in [-0.1, -0.05) is 18.2 Å². The van der Waals surface area contributed by atoms with Gasteiger partial charge in [0, 0.05) is 29.3 Å². The van der Waals surface area contributed by atoms with E-state index in [1.807, 2.05) is 0 Å². The normalized spacial score (nSPS) is 11.4. The van der Waals surface area contributed by atoms with Crippen LogP contribution in [-0.4, -0.2) is 35.7 Å². The fraction of sp³-hybridized carbons (Fsp3) is 0.450. The summed E-state index contributed by atoms with van der Waals surface area (Å²) >= 11 is 0. The summed E-state index contributed by atoms with van der Waals surface area (Å²) < 4.78 is 5.87. The van der Waals surface area contributed by atoms with E-state index < -0.39 is 0 Å². The van der Waals surface area contributed by atoms with Crippen LogP contribution in [-0.2, 0) is 13.6 Å². The Labute approximate surface area is 185 Å². The van der Waals surface area contributed by atoms with E-state index in [1.54, 1.807) is 0 Å². The molecule has 1 aromatic carbocycles. The SMILES string of the molecule is CC[N+](C)(CC)CCn1c2ccccc2c2cc[n+](C)c(C)c21.[I-].[I-]. The number of nitrogens with zero attached hydrogens (tertiary/aromatic N) is 3. The highest BCUT2D eigenvalue weighted by Gasteiger charge is 2.21. The van der Waals surface area contributed by atoms with Gasteiger partial charge < -0.3 is 57.0 Å². The first-order valence-corrected chi connectivity index (χ1v) is 8.70. The summed E-state index contributed by atoms with van der Waals surface area (Å²) in [6.07, 6.45) is 2.17. The fourth-order valence-electron chi connectivity index (χ4n) is 3.47. The Morgan fingerprint density at radius 2 is 1.64 bits per heavy atom. The van der Waals surface area contributed by atoms with Crippen LogP contribution < -0.4 is 52.5 Å². The van der Waals surface area contributed by atoms with Crippen molar-refractivity contribution in [3.05, 3.63) is 42.2 Å². The minimum atomic E-state index is 0.